The first-order chi connectivity index (χ1) is 17.9. The molecule has 0 aliphatic heterocycles. The lowest BCUT2D eigenvalue weighted by Crippen LogP contribution is -2.37. The van der Waals surface area contributed by atoms with Gasteiger partial charge in [0.15, 0.2) is 0 Å². The van der Waals surface area contributed by atoms with E-state index in [2.05, 4.69) is 17.4 Å². The second kappa shape index (κ2) is 11.2. The van der Waals surface area contributed by atoms with Crippen LogP contribution in [0.25, 0.3) is 11.1 Å². The van der Waals surface area contributed by atoms with Crippen LogP contribution < -0.4 is 10.1 Å². The van der Waals surface area contributed by atoms with E-state index in [1.54, 1.807) is 36.4 Å². The van der Waals surface area contributed by atoms with Crippen molar-refractivity contribution in [2.24, 2.45) is 0 Å². The van der Waals surface area contributed by atoms with E-state index >= 15 is 0 Å². The number of hydrogen-bond donors (Lipinski definition) is 3. The van der Waals surface area contributed by atoms with Gasteiger partial charge in [0.25, 0.3) is 0 Å². The number of rotatable bonds is 8. The van der Waals surface area contributed by atoms with Gasteiger partial charge in [-0.3, -0.25) is 0 Å². The molecule has 0 saturated carbocycles. The van der Waals surface area contributed by atoms with Gasteiger partial charge in [-0.1, -0.05) is 54.1 Å². The lowest BCUT2D eigenvalue weighted by molar-refractivity contribution is 0.0697. The minimum Gasteiger partial charge on any atom is -0.478 e. The molecule has 0 bridgehead atoms. The van der Waals surface area contributed by atoms with Gasteiger partial charge >= 0.3 is 5.97 Å². The molecule has 4 aromatic carbocycles. The van der Waals surface area contributed by atoms with Crippen molar-refractivity contribution in [3.05, 3.63) is 118 Å². The molecule has 5 nitrogen and oxygen atoms in total. The summed E-state index contributed by atoms with van der Waals surface area (Å²) in [6.45, 7) is 0.469. The van der Waals surface area contributed by atoms with Crippen molar-refractivity contribution in [2.75, 3.05) is 6.54 Å². The highest BCUT2D eigenvalue weighted by atomic mass is 35.5. The van der Waals surface area contributed by atoms with Crippen LogP contribution in [0.15, 0.2) is 91.0 Å². The van der Waals surface area contributed by atoms with Gasteiger partial charge in [0.05, 0.1) is 11.7 Å². The second-order valence-electron chi connectivity index (χ2n) is 9.36. The predicted octanol–water partition coefficient (Wildman–Crippen LogP) is 6.68. The molecular formula is C31H28ClNO4. The summed E-state index contributed by atoms with van der Waals surface area (Å²) in [7, 11) is 0. The van der Waals surface area contributed by atoms with Gasteiger partial charge in [-0.15, -0.1) is 0 Å². The van der Waals surface area contributed by atoms with E-state index in [1.165, 1.54) is 11.1 Å². The minimum atomic E-state index is -0.939. The van der Waals surface area contributed by atoms with Crippen LogP contribution in [-0.2, 0) is 12.8 Å². The third-order valence-electron chi connectivity index (χ3n) is 6.77. The van der Waals surface area contributed by atoms with Crippen LogP contribution in [-0.4, -0.2) is 28.8 Å². The molecule has 1 aliphatic rings. The Bertz CT molecular complexity index is 1400. The number of aliphatic hydroxyl groups is 1. The molecule has 2 atom stereocenters. The van der Waals surface area contributed by atoms with Crippen molar-refractivity contribution in [1.82, 2.24) is 5.32 Å². The summed E-state index contributed by atoms with van der Waals surface area (Å²) in [6.07, 6.45) is 2.24. The van der Waals surface area contributed by atoms with Gasteiger partial charge in [0.1, 0.15) is 11.5 Å². The fourth-order valence-electron chi connectivity index (χ4n) is 4.76. The number of aromatic carboxylic acids is 1. The maximum absolute atomic E-state index is 11.1. The molecule has 3 N–H and O–H groups in total. The molecule has 0 saturated heterocycles. The van der Waals surface area contributed by atoms with Crippen LogP contribution in [0, 0.1) is 0 Å². The fourth-order valence-corrected chi connectivity index (χ4v) is 4.96. The minimum absolute atomic E-state index is 0.261. The zero-order chi connectivity index (χ0) is 25.8. The molecule has 188 valence electrons. The number of aliphatic hydroxyl groups excluding tert-OH is 1. The first-order valence-electron chi connectivity index (χ1n) is 12.3. The summed E-state index contributed by atoms with van der Waals surface area (Å²) in [4.78, 5) is 11.1. The molecule has 1 aliphatic carbocycles. The highest BCUT2D eigenvalue weighted by molar-refractivity contribution is 6.30. The molecule has 0 radical (unpaired) electrons. The van der Waals surface area contributed by atoms with Gasteiger partial charge < -0.3 is 20.3 Å². The average Bonchev–Trinajstić information content (AvgIpc) is 2.91. The van der Waals surface area contributed by atoms with Gasteiger partial charge in [0, 0.05) is 17.6 Å². The number of carbonyl (C=O) groups is 1. The van der Waals surface area contributed by atoms with Crippen LogP contribution in [0.5, 0.6) is 11.5 Å². The van der Waals surface area contributed by atoms with Crippen molar-refractivity contribution < 1.29 is 19.7 Å². The summed E-state index contributed by atoms with van der Waals surface area (Å²) in [5.74, 6) is 0.553. The highest BCUT2D eigenvalue weighted by Crippen LogP contribution is 2.31. The quantitative estimate of drug-likeness (QED) is 0.245. The van der Waals surface area contributed by atoms with E-state index in [1.807, 2.05) is 42.5 Å². The van der Waals surface area contributed by atoms with Crippen molar-refractivity contribution in [1.29, 1.82) is 0 Å². The number of ether oxygens (including phenoxy) is 1. The molecule has 4 aromatic rings. The number of carboxylic acid groups (broad SMARTS) is 1. The van der Waals surface area contributed by atoms with Crippen LogP contribution in [0.1, 0.15) is 39.6 Å². The number of fused-ring (bicyclic) bond motifs is 1. The van der Waals surface area contributed by atoms with Crippen molar-refractivity contribution in [3.8, 4) is 22.6 Å². The molecule has 0 fully saturated rings. The Kier molecular flexibility index (Phi) is 7.56. The van der Waals surface area contributed by atoms with Gasteiger partial charge in [-0.05, 0) is 95.6 Å². The number of carboxylic acids is 1. The summed E-state index contributed by atoms with van der Waals surface area (Å²) in [5.41, 5.74) is 5.53. The first-order valence-corrected chi connectivity index (χ1v) is 12.7. The van der Waals surface area contributed by atoms with Crippen LogP contribution in [0.2, 0.25) is 5.02 Å². The average molecular weight is 514 g/mol. The zero-order valence-corrected chi connectivity index (χ0v) is 21.0. The topological polar surface area (TPSA) is 78.8 Å². The SMILES string of the molecule is O=C(O)c1ccc(-c2cccc(Oc3ccc4c(c3)C[C@@H](NC[C@@H](O)c3cccc(Cl)c3)CC4)c2)cc1. The summed E-state index contributed by atoms with van der Waals surface area (Å²) < 4.78 is 6.20. The summed E-state index contributed by atoms with van der Waals surface area (Å²) in [6, 6.07) is 28.4. The molecule has 0 spiro atoms. The normalized spacial score (nSPS) is 15.6. The maximum Gasteiger partial charge on any atom is 0.335 e. The zero-order valence-electron chi connectivity index (χ0n) is 20.2. The molecule has 0 amide bonds. The monoisotopic (exact) mass is 513 g/mol. The fraction of sp³-hybridized carbons (Fsp3) is 0.194. The molecule has 0 unspecified atom stereocenters. The number of aryl methyl sites for hydroxylation is 1. The Hall–Kier alpha value is -3.64. The molecule has 6 heteroatoms. The van der Waals surface area contributed by atoms with E-state index in [9.17, 15) is 9.90 Å². The lowest BCUT2D eigenvalue weighted by Gasteiger charge is -2.27. The molecule has 37 heavy (non-hydrogen) atoms. The van der Waals surface area contributed by atoms with E-state index in [-0.39, 0.29) is 11.6 Å². The third-order valence-corrected chi connectivity index (χ3v) is 7.01. The Labute approximate surface area is 221 Å². The number of benzene rings is 4. The van der Waals surface area contributed by atoms with Gasteiger partial charge in [-0.2, -0.15) is 0 Å². The largest absolute Gasteiger partial charge is 0.478 e. The number of halogens is 1. The number of nitrogens with one attached hydrogen (secondary N) is 1. The van der Waals surface area contributed by atoms with Crippen molar-refractivity contribution >= 4 is 17.6 Å². The Morgan fingerprint density at radius 1 is 0.919 bits per heavy atom. The lowest BCUT2D eigenvalue weighted by atomic mass is 9.88. The van der Waals surface area contributed by atoms with E-state index in [4.69, 9.17) is 21.4 Å². The van der Waals surface area contributed by atoms with Crippen LogP contribution >= 0.6 is 11.6 Å². The molecular weight excluding hydrogens is 486 g/mol. The second-order valence-corrected chi connectivity index (χ2v) is 9.80. The highest BCUT2D eigenvalue weighted by Gasteiger charge is 2.20. The summed E-state index contributed by atoms with van der Waals surface area (Å²) >= 11 is 6.06. The van der Waals surface area contributed by atoms with Crippen LogP contribution in [0.4, 0.5) is 0 Å². The van der Waals surface area contributed by atoms with Gasteiger partial charge in [0.2, 0.25) is 0 Å². The smallest absolute Gasteiger partial charge is 0.335 e. The van der Waals surface area contributed by atoms with Crippen LogP contribution in [0.3, 0.4) is 0 Å². The van der Waals surface area contributed by atoms with Crippen molar-refractivity contribution in [2.45, 2.75) is 31.4 Å². The van der Waals surface area contributed by atoms with E-state index in [0.717, 1.165) is 47.5 Å². The molecule has 0 heterocycles. The maximum atomic E-state index is 11.1. The Balaban J connectivity index is 1.23. The van der Waals surface area contributed by atoms with E-state index in [0.29, 0.717) is 11.6 Å². The first kappa shape index (κ1) is 25.0. The third kappa shape index (κ3) is 6.20. The molecule has 5 rings (SSSR count). The Morgan fingerprint density at radius 3 is 2.49 bits per heavy atom. The summed E-state index contributed by atoms with van der Waals surface area (Å²) in [5, 5.41) is 23.8. The molecule has 0 aromatic heterocycles. The predicted molar refractivity (Wildman–Crippen MR) is 146 cm³/mol. The number of hydrogen-bond acceptors (Lipinski definition) is 4. The van der Waals surface area contributed by atoms with Crippen molar-refractivity contribution in [3.63, 3.8) is 0 Å². The van der Waals surface area contributed by atoms with Gasteiger partial charge in [-0.25, -0.2) is 4.79 Å². The van der Waals surface area contributed by atoms with E-state index < -0.39 is 12.1 Å². The Morgan fingerprint density at radius 2 is 1.70 bits per heavy atom. The standard InChI is InChI=1S/C31H28ClNO4/c32-26-5-1-4-24(15-26)30(34)19-33-27-13-11-21-12-14-29(18-25(21)16-27)37-28-6-2-3-23(17-28)20-7-9-22(10-8-20)31(35)36/h1-10,12,14-15,17-18,27,30,33-34H,11,13,16,19H2,(H,35,36)/t27-,30+/m0/s1.